The fraction of sp³-hybridized carbons (Fsp3) is 0.136. The third kappa shape index (κ3) is 4.70. The maximum Gasteiger partial charge on any atom is 0.387 e. The summed E-state index contributed by atoms with van der Waals surface area (Å²) in [4.78, 5) is 12.3. The first-order valence-corrected chi connectivity index (χ1v) is 8.54. The zero-order valence-electron chi connectivity index (χ0n) is 14.7. The molecule has 0 aliphatic carbocycles. The number of amides is 1. The van der Waals surface area contributed by atoms with E-state index in [2.05, 4.69) is 10.1 Å². The third-order valence-corrected chi connectivity index (χ3v) is 4.20. The smallest absolute Gasteiger partial charge is 0.387 e. The molecule has 0 bridgehead atoms. The van der Waals surface area contributed by atoms with Crippen LogP contribution in [-0.2, 0) is 4.79 Å². The summed E-state index contributed by atoms with van der Waals surface area (Å²) in [7, 11) is 0. The van der Waals surface area contributed by atoms with Crippen molar-refractivity contribution in [3.05, 3.63) is 83.9 Å². The van der Waals surface area contributed by atoms with Crippen LogP contribution in [-0.4, -0.2) is 12.5 Å². The molecule has 0 heterocycles. The van der Waals surface area contributed by atoms with Crippen LogP contribution in [0.15, 0.2) is 72.8 Å². The Labute approximate surface area is 156 Å². The highest BCUT2D eigenvalue weighted by atomic mass is 19.3. The van der Waals surface area contributed by atoms with Gasteiger partial charge < -0.3 is 10.1 Å². The maximum absolute atomic E-state index is 12.5. The molecule has 0 radical (unpaired) electrons. The van der Waals surface area contributed by atoms with Crippen LogP contribution in [0.5, 0.6) is 5.75 Å². The largest absolute Gasteiger partial charge is 0.434 e. The second-order valence-corrected chi connectivity index (χ2v) is 6.05. The van der Waals surface area contributed by atoms with Gasteiger partial charge in [-0.1, -0.05) is 60.7 Å². The van der Waals surface area contributed by atoms with E-state index in [0.717, 1.165) is 16.3 Å². The first-order chi connectivity index (χ1) is 13.0. The van der Waals surface area contributed by atoms with E-state index < -0.39 is 6.61 Å². The normalized spacial score (nSPS) is 12.4. The highest BCUT2D eigenvalue weighted by molar-refractivity contribution is 5.93. The van der Waals surface area contributed by atoms with Crippen LogP contribution in [0.1, 0.15) is 24.1 Å². The minimum atomic E-state index is -2.92. The summed E-state index contributed by atoms with van der Waals surface area (Å²) in [5, 5.41) is 5.08. The summed E-state index contributed by atoms with van der Waals surface area (Å²) in [5.74, 6) is -0.291. The van der Waals surface area contributed by atoms with Gasteiger partial charge in [-0.2, -0.15) is 8.78 Å². The number of rotatable bonds is 6. The van der Waals surface area contributed by atoms with Gasteiger partial charge in [0, 0.05) is 11.6 Å². The highest BCUT2D eigenvalue weighted by Gasteiger charge is 2.11. The molecule has 0 aliphatic heterocycles. The Kier molecular flexibility index (Phi) is 5.81. The summed E-state index contributed by atoms with van der Waals surface area (Å²) in [5.41, 5.74) is 1.42. The van der Waals surface area contributed by atoms with Gasteiger partial charge in [-0.25, -0.2) is 0 Å². The number of benzene rings is 3. The average molecular weight is 367 g/mol. The Bertz CT molecular complexity index is 964. The molecule has 1 N–H and O–H groups in total. The lowest BCUT2D eigenvalue weighted by Gasteiger charge is -2.15. The second-order valence-electron chi connectivity index (χ2n) is 6.05. The SMILES string of the molecule is CC(NC(=O)/C=C/c1ccccc1OC(F)F)c1cccc2ccccc12. The molecule has 5 heteroatoms. The van der Waals surface area contributed by atoms with Gasteiger partial charge in [0.15, 0.2) is 0 Å². The van der Waals surface area contributed by atoms with Crippen LogP contribution in [0.3, 0.4) is 0 Å². The molecule has 27 heavy (non-hydrogen) atoms. The molecule has 0 spiro atoms. The Balaban J connectivity index is 1.73. The number of halogens is 2. The lowest BCUT2D eigenvalue weighted by Crippen LogP contribution is -2.24. The number of nitrogens with one attached hydrogen (secondary N) is 1. The monoisotopic (exact) mass is 367 g/mol. The third-order valence-electron chi connectivity index (χ3n) is 4.20. The fourth-order valence-corrected chi connectivity index (χ4v) is 2.95. The highest BCUT2D eigenvalue weighted by Crippen LogP contribution is 2.24. The van der Waals surface area contributed by atoms with Gasteiger partial charge in [0.2, 0.25) is 5.91 Å². The predicted octanol–water partition coefficient (Wildman–Crippen LogP) is 5.33. The van der Waals surface area contributed by atoms with Gasteiger partial charge >= 0.3 is 6.61 Å². The molecule has 0 aliphatic rings. The molecule has 0 fully saturated rings. The molecule has 3 rings (SSSR count). The molecular formula is C22H19F2NO2. The molecule has 0 saturated carbocycles. The minimum Gasteiger partial charge on any atom is -0.434 e. The average Bonchev–Trinajstić information content (AvgIpc) is 2.66. The van der Waals surface area contributed by atoms with Gasteiger partial charge in [0.1, 0.15) is 5.75 Å². The molecular weight excluding hydrogens is 348 g/mol. The first-order valence-electron chi connectivity index (χ1n) is 8.54. The van der Waals surface area contributed by atoms with Crippen molar-refractivity contribution in [3.8, 4) is 5.75 Å². The van der Waals surface area contributed by atoms with Crippen molar-refractivity contribution in [1.82, 2.24) is 5.32 Å². The molecule has 3 aromatic carbocycles. The van der Waals surface area contributed by atoms with Gasteiger partial charge in [0.25, 0.3) is 0 Å². The summed E-state index contributed by atoms with van der Waals surface area (Å²) < 4.78 is 29.4. The lowest BCUT2D eigenvalue weighted by molar-refractivity contribution is -0.117. The zero-order chi connectivity index (χ0) is 19.2. The van der Waals surface area contributed by atoms with E-state index in [9.17, 15) is 13.6 Å². The van der Waals surface area contributed by atoms with Gasteiger partial charge in [-0.3, -0.25) is 4.79 Å². The van der Waals surface area contributed by atoms with Crippen molar-refractivity contribution in [2.45, 2.75) is 19.6 Å². The summed E-state index contributed by atoms with van der Waals surface area (Å²) in [6.45, 7) is -1.01. The predicted molar refractivity (Wildman–Crippen MR) is 103 cm³/mol. The summed E-state index contributed by atoms with van der Waals surface area (Å²) in [6, 6.07) is 20.0. The minimum absolute atomic E-state index is 0.0265. The molecule has 0 aromatic heterocycles. The van der Waals surface area contributed by atoms with Gasteiger partial charge in [-0.05, 0) is 35.4 Å². The van der Waals surface area contributed by atoms with E-state index in [-0.39, 0.29) is 17.7 Å². The number of carbonyl (C=O) groups excluding carboxylic acids is 1. The van der Waals surface area contributed by atoms with E-state index in [1.54, 1.807) is 18.2 Å². The Morgan fingerprint density at radius 1 is 1.00 bits per heavy atom. The van der Waals surface area contributed by atoms with E-state index >= 15 is 0 Å². The quantitative estimate of drug-likeness (QED) is 0.598. The number of fused-ring (bicyclic) bond motifs is 1. The number of hydrogen-bond acceptors (Lipinski definition) is 2. The Hall–Kier alpha value is -3.21. The van der Waals surface area contributed by atoms with Gasteiger partial charge in [-0.15, -0.1) is 0 Å². The van der Waals surface area contributed by atoms with Crippen LogP contribution in [0.4, 0.5) is 8.78 Å². The first kappa shape index (κ1) is 18.6. The maximum atomic E-state index is 12.5. The fourth-order valence-electron chi connectivity index (χ4n) is 2.95. The van der Waals surface area contributed by atoms with Crippen LogP contribution in [0.2, 0.25) is 0 Å². The van der Waals surface area contributed by atoms with Crippen LogP contribution < -0.4 is 10.1 Å². The Morgan fingerprint density at radius 3 is 2.52 bits per heavy atom. The zero-order valence-corrected chi connectivity index (χ0v) is 14.7. The van der Waals surface area contributed by atoms with Crippen LogP contribution in [0.25, 0.3) is 16.8 Å². The second kappa shape index (κ2) is 8.45. The van der Waals surface area contributed by atoms with E-state index in [4.69, 9.17) is 0 Å². The van der Waals surface area contributed by atoms with Crippen molar-refractivity contribution < 1.29 is 18.3 Å². The molecule has 0 saturated heterocycles. The molecule has 1 atom stereocenters. The molecule has 1 unspecified atom stereocenters. The number of para-hydroxylation sites is 1. The number of hydrogen-bond donors (Lipinski definition) is 1. The molecule has 3 aromatic rings. The standard InChI is InChI=1S/C22H19F2NO2/c1-15(18-11-6-9-16-7-2-4-10-19(16)18)25-21(26)14-13-17-8-3-5-12-20(17)27-22(23)24/h2-15,22H,1H3,(H,25,26)/b14-13+. The van der Waals surface area contributed by atoms with Crippen molar-refractivity contribution in [1.29, 1.82) is 0 Å². The summed E-state index contributed by atoms with van der Waals surface area (Å²) >= 11 is 0. The van der Waals surface area contributed by atoms with Crippen LogP contribution >= 0.6 is 0 Å². The number of carbonyl (C=O) groups is 1. The van der Waals surface area contributed by atoms with Gasteiger partial charge in [0.05, 0.1) is 6.04 Å². The van der Waals surface area contributed by atoms with E-state index in [0.29, 0.717) is 5.56 Å². The Morgan fingerprint density at radius 2 is 1.70 bits per heavy atom. The van der Waals surface area contributed by atoms with E-state index in [1.807, 2.05) is 49.4 Å². The van der Waals surface area contributed by atoms with Crippen molar-refractivity contribution in [2.24, 2.45) is 0 Å². The number of ether oxygens (including phenoxy) is 1. The van der Waals surface area contributed by atoms with Crippen molar-refractivity contribution >= 4 is 22.8 Å². The topological polar surface area (TPSA) is 38.3 Å². The summed E-state index contributed by atoms with van der Waals surface area (Å²) in [6.07, 6.45) is 2.78. The van der Waals surface area contributed by atoms with Crippen molar-refractivity contribution in [3.63, 3.8) is 0 Å². The molecule has 138 valence electrons. The van der Waals surface area contributed by atoms with E-state index in [1.165, 1.54) is 18.2 Å². The molecule has 3 nitrogen and oxygen atoms in total. The number of alkyl halides is 2. The lowest BCUT2D eigenvalue weighted by atomic mass is 10.00. The van der Waals surface area contributed by atoms with Crippen molar-refractivity contribution in [2.75, 3.05) is 0 Å². The van der Waals surface area contributed by atoms with Crippen LogP contribution in [0, 0.1) is 0 Å². The molecule has 1 amide bonds.